The predicted molar refractivity (Wildman–Crippen MR) is 104 cm³/mol. The van der Waals surface area contributed by atoms with Crippen molar-refractivity contribution in [1.29, 1.82) is 0 Å². The first-order valence-electron chi connectivity index (χ1n) is 7.83. The number of carbonyl (C=O) groups is 1. The predicted octanol–water partition coefficient (Wildman–Crippen LogP) is 0.771. The van der Waals surface area contributed by atoms with E-state index in [4.69, 9.17) is 16.0 Å². The minimum atomic E-state index is -4.02. The number of benzene rings is 2. The SMILES string of the molecule is Cc1ccc(S(=O)(=O)O)cc1.NC(N)=[N+]([O-])N=C=C1C(=O)Nc2ccc(F)cc21. The van der Waals surface area contributed by atoms with E-state index in [0.717, 1.165) is 11.6 Å². The molecule has 0 atom stereocenters. The Labute approximate surface area is 165 Å². The maximum Gasteiger partial charge on any atom is 0.366 e. The van der Waals surface area contributed by atoms with Gasteiger partial charge in [0, 0.05) is 11.4 Å². The van der Waals surface area contributed by atoms with E-state index in [-0.39, 0.29) is 20.9 Å². The van der Waals surface area contributed by atoms with E-state index < -0.39 is 27.8 Å². The van der Waals surface area contributed by atoms with E-state index in [9.17, 15) is 22.8 Å². The van der Waals surface area contributed by atoms with Crippen LogP contribution >= 0.6 is 0 Å². The molecule has 2 aromatic carbocycles. The van der Waals surface area contributed by atoms with Gasteiger partial charge in [0.2, 0.25) is 0 Å². The summed E-state index contributed by atoms with van der Waals surface area (Å²) in [5.74, 6) is 0.537. The Bertz CT molecular complexity index is 1150. The van der Waals surface area contributed by atoms with Gasteiger partial charge in [-0.15, -0.1) is 4.85 Å². The lowest BCUT2D eigenvalue weighted by Gasteiger charge is -1.99. The van der Waals surface area contributed by atoms with Crippen molar-refractivity contribution in [3.8, 4) is 0 Å². The Kier molecular flexibility index (Phi) is 6.34. The van der Waals surface area contributed by atoms with Crippen molar-refractivity contribution in [3.05, 3.63) is 64.6 Å². The highest BCUT2D eigenvalue weighted by Gasteiger charge is 2.24. The smallest absolute Gasteiger partial charge is 0.366 e. The first kappa shape index (κ1) is 21.6. The van der Waals surface area contributed by atoms with E-state index >= 15 is 0 Å². The number of anilines is 1. The lowest BCUT2D eigenvalue weighted by atomic mass is 10.1. The van der Waals surface area contributed by atoms with Crippen LogP contribution in [0.5, 0.6) is 0 Å². The minimum Gasteiger partial charge on any atom is -0.721 e. The van der Waals surface area contributed by atoms with Gasteiger partial charge in [-0.3, -0.25) is 20.8 Å². The van der Waals surface area contributed by atoms with E-state index in [1.807, 2.05) is 6.92 Å². The number of amides is 1. The number of aryl methyl sites for hydroxylation is 1. The Balaban J connectivity index is 0.000000234. The van der Waals surface area contributed by atoms with Gasteiger partial charge in [0.25, 0.3) is 16.0 Å². The molecule has 12 heteroatoms. The fraction of sp³-hybridized carbons (Fsp3) is 0.0588. The van der Waals surface area contributed by atoms with Gasteiger partial charge in [0.15, 0.2) is 0 Å². The first-order chi connectivity index (χ1) is 13.5. The van der Waals surface area contributed by atoms with Crippen molar-refractivity contribution in [2.75, 3.05) is 5.32 Å². The van der Waals surface area contributed by atoms with Crippen LogP contribution in [0.25, 0.3) is 5.57 Å². The van der Waals surface area contributed by atoms with Crippen molar-refractivity contribution in [1.82, 2.24) is 0 Å². The van der Waals surface area contributed by atoms with Gasteiger partial charge in [-0.05, 0) is 37.3 Å². The molecule has 0 aliphatic carbocycles. The summed E-state index contributed by atoms with van der Waals surface area (Å²) in [7, 11) is -4.02. The number of carbonyl (C=O) groups excluding carboxylic acids is 1. The second-order valence-electron chi connectivity index (χ2n) is 5.72. The number of hydrogen-bond donors (Lipinski definition) is 4. The molecule has 0 unspecified atom stereocenters. The van der Waals surface area contributed by atoms with Crippen LogP contribution in [0.2, 0.25) is 0 Å². The van der Waals surface area contributed by atoms with Gasteiger partial charge in [0.05, 0.1) is 10.6 Å². The molecule has 1 amide bonds. The molecule has 0 aromatic heterocycles. The lowest BCUT2D eigenvalue weighted by molar-refractivity contribution is -0.463. The van der Waals surface area contributed by atoms with Crippen LogP contribution in [0.1, 0.15) is 11.1 Å². The number of guanidine groups is 1. The topological polar surface area (TPSA) is 174 Å². The summed E-state index contributed by atoms with van der Waals surface area (Å²) in [6.07, 6.45) is 0. The Hall–Kier alpha value is -3.73. The highest BCUT2D eigenvalue weighted by molar-refractivity contribution is 7.85. The van der Waals surface area contributed by atoms with Crippen molar-refractivity contribution in [2.45, 2.75) is 11.8 Å². The fourth-order valence-corrected chi connectivity index (χ4v) is 2.59. The van der Waals surface area contributed by atoms with Gasteiger partial charge in [-0.1, -0.05) is 22.8 Å². The summed E-state index contributed by atoms with van der Waals surface area (Å²) >= 11 is 0. The van der Waals surface area contributed by atoms with Gasteiger partial charge >= 0.3 is 5.96 Å². The molecule has 6 N–H and O–H groups in total. The van der Waals surface area contributed by atoms with Crippen LogP contribution in [-0.2, 0) is 14.9 Å². The van der Waals surface area contributed by atoms with Gasteiger partial charge < -0.3 is 10.5 Å². The molecule has 1 heterocycles. The van der Waals surface area contributed by atoms with Crippen LogP contribution in [0.4, 0.5) is 10.1 Å². The maximum absolute atomic E-state index is 13.1. The van der Waals surface area contributed by atoms with Crippen molar-refractivity contribution in [3.63, 3.8) is 0 Å². The van der Waals surface area contributed by atoms with Crippen LogP contribution in [0, 0.1) is 17.9 Å². The largest absolute Gasteiger partial charge is 0.721 e. The number of halogens is 1. The zero-order chi connectivity index (χ0) is 21.8. The molecule has 0 fully saturated rings. The summed E-state index contributed by atoms with van der Waals surface area (Å²) in [6, 6.07) is 9.72. The standard InChI is InChI=1S/C10H8FN5O2.C7H8O3S/c11-5-1-2-8-6(3-5)7(9(17)15-8)4-14-16(18)10(12)13;1-6-2-4-7(5-3-6)11(8,9)10/h1-3H,12-13H2,(H,15,17);2-5H,1H3,(H,8,9,10). The first-order valence-corrected chi connectivity index (χ1v) is 9.27. The van der Waals surface area contributed by atoms with Crippen molar-refractivity contribution >= 4 is 39.1 Å². The van der Waals surface area contributed by atoms with Crippen LogP contribution < -0.4 is 16.8 Å². The van der Waals surface area contributed by atoms with Crippen LogP contribution in [0.3, 0.4) is 0 Å². The molecule has 29 heavy (non-hydrogen) atoms. The number of hydrogen-bond acceptors (Lipinski definition) is 5. The van der Waals surface area contributed by atoms with Crippen LogP contribution in [0.15, 0.2) is 52.5 Å². The quantitative estimate of drug-likeness (QED) is 0.105. The highest BCUT2D eigenvalue weighted by atomic mass is 32.2. The third-order valence-corrected chi connectivity index (χ3v) is 4.39. The molecule has 0 spiro atoms. The molecule has 0 radical (unpaired) electrons. The molecule has 3 rings (SSSR count). The Morgan fingerprint density at radius 2 is 1.86 bits per heavy atom. The summed E-state index contributed by atoms with van der Waals surface area (Å²) in [6.45, 7) is 1.84. The number of nitrogens with two attached hydrogens (primary N) is 2. The summed E-state index contributed by atoms with van der Waals surface area (Å²) in [4.78, 5) is 11.4. The zero-order valence-electron chi connectivity index (χ0n) is 15.0. The number of rotatable bonds is 2. The number of hydrazone groups is 1. The fourth-order valence-electron chi connectivity index (χ4n) is 2.11. The highest BCUT2D eigenvalue weighted by Crippen LogP contribution is 2.30. The van der Waals surface area contributed by atoms with Crippen molar-refractivity contribution in [2.24, 2.45) is 16.6 Å². The lowest BCUT2D eigenvalue weighted by Crippen LogP contribution is -2.30. The average molecular weight is 421 g/mol. The molecule has 0 saturated heterocycles. The molecule has 152 valence electrons. The van der Waals surface area contributed by atoms with E-state index in [1.54, 1.807) is 12.1 Å². The zero-order valence-corrected chi connectivity index (χ0v) is 15.8. The van der Waals surface area contributed by atoms with E-state index in [2.05, 4.69) is 16.3 Å². The minimum absolute atomic E-state index is 0.0633. The van der Waals surface area contributed by atoms with E-state index in [0.29, 0.717) is 5.69 Å². The molecule has 0 saturated carbocycles. The summed E-state index contributed by atoms with van der Waals surface area (Å²) in [5.41, 5.74) is 11.5. The third kappa shape index (κ3) is 5.62. The monoisotopic (exact) mass is 421 g/mol. The van der Waals surface area contributed by atoms with E-state index in [1.165, 1.54) is 24.3 Å². The van der Waals surface area contributed by atoms with Gasteiger partial charge in [-0.25, -0.2) is 4.39 Å². The van der Waals surface area contributed by atoms with Crippen molar-refractivity contribution < 1.29 is 27.0 Å². The Morgan fingerprint density at radius 3 is 2.41 bits per heavy atom. The second kappa shape index (κ2) is 8.52. The third-order valence-electron chi connectivity index (χ3n) is 3.52. The number of nitrogens with one attached hydrogen (secondary N) is 1. The number of fused-ring (bicyclic) bond motifs is 1. The molecular weight excluding hydrogens is 405 g/mol. The maximum atomic E-state index is 13.1. The molecule has 10 nitrogen and oxygen atoms in total. The molecule has 1 aliphatic rings. The van der Waals surface area contributed by atoms with Crippen LogP contribution in [-0.4, -0.2) is 35.6 Å². The summed E-state index contributed by atoms with van der Waals surface area (Å²) < 4.78 is 42.6. The number of nitrogens with zero attached hydrogens (tertiary/aromatic N) is 2. The molecule has 2 aromatic rings. The molecule has 1 aliphatic heterocycles. The van der Waals surface area contributed by atoms with Gasteiger partial charge in [-0.2, -0.15) is 8.42 Å². The Morgan fingerprint density at radius 1 is 1.24 bits per heavy atom. The molecule has 0 bridgehead atoms. The summed E-state index contributed by atoms with van der Waals surface area (Å²) in [5, 5.41) is 16.6. The van der Waals surface area contributed by atoms with Gasteiger partial charge in [0.1, 0.15) is 11.4 Å². The molecular formula is C17H16FN5O5S. The normalized spacial score (nSPS) is 12.1. The average Bonchev–Trinajstić information content (AvgIpc) is 2.94. The second-order valence-corrected chi connectivity index (χ2v) is 7.14.